The Hall–Kier alpha value is -0.530. The van der Waals surface area contributed by atoms with Crippen molar-refractivity contribution in [3.8, 4) is 0 Å². The van der Waals surface area contributed by atoms with Crippen molar-refractivity contribution < 1.29 is 0 Å². The van der Waals surface area contributed by atoms with Crippen molar-refractivity contribution in [2.45, 2.75) is 45.1 Å². The predicted molar refractivity (Wildman–Crippen MR) is 74.6 cm³/mol. The lowest BCUT2D eigenvalue weighted by Crippen LogP contribution is -2.36. The number of halogens is 1. The van der Waals surface area contributed by atoms with E-state index in [9.17, 15) is 0 Å². The number of benzene rings is 1. The first kappa shape index (κ1) is 12.9. The topological polar surface area (TPSA) is 12.0 Å². The molecule has 0 spiro atoms. The van der Waals surface area contributed by atoms with Crippen LogP contribution in [0.15, 0.2) is 24.3 Å². The third-order valence-electron chi connectivity index (χ3n) is 3.80. The molecule has 0 radical (unpaired) electrons. The minimum Gasteiger partial charge on any atom is -0.314 e. The van der Waals surface area contributed by atoms with Gasteiger partial charge in [-0.05, 0) is 49.4 Å². The molecule has 0 heterocycles. The quantitative estimate of drug-likeness (QED) is 0.833. The molecule has 1 aromatic rings. The van der Waals surface area contributed by atoms with E-state index in [1.54, 1.807) is 0 Å². The second-order valence-corrected chi connectivity index (χ2v) is 5.48. The van der Waals surface area contributed by atoms with Gasteiger partial charge < -0.3 is 5.32 Å². The highest BCUT2D eigenvalue weighted by Gasteiger charge is 2.24. The molecule has 1 N–H and O–H groups in total. The Morgan fingerprint density at radius 2 is 1.88 bits per heavy atom. The first-order chi connectivity index (χ1) is 8.29. The third-order valence-corrected chi connectivity index (χ3v) is 4.06. The molecule has 1 fully saturated rings. The molecule has 1 saturated carbocycles. The Labute approximate surface area is 110 Å². The Balaban J connectivity index is 1.98. The number of nitrogens with one attached hydrogen (secondary N) is 1. The summed E-state index contributed by atoms with van der Waals surface area (Å²) in [5, 5.41) is 4.48. The van der Waals surface area contributed by atoms with Crippen LogP contribution in [0.3, 0.4) is 0 Å². The summed E-state index contributed by atoms with van der Waals surface area (Å²) in [5.41, 5.74) is 1.40. The van der Waals surface area contributed by atoms with E-state index in [-0.39, 0.29) is 0 Å². The average Bonchev–Trinajstić information content (AvgIpc) is 2.85. The SMILES string of the molecule is CCNC(Cc1ccc(Cl)cc1)C1CCCC1. The van der Waals surface area contributed by atoms with E-state index in [0.29, 0.717) is 6.04 Å². The van der Waals surface area contributed by atoms with Crippen LogP contribution in [0.5, 0.6) is 0 Å². The van der Waals surface area contributed by atoms with Gasteiger partial charge in [-0.25, -0.2) is 0 Å². The fourth-order valence-corrected chi connectivity index (χ4v) is 3.03. The van der Waals surface area contributed by atoms with Gasteiger partial charge in [-0.3, -0.25) is 0 Å². The molecule has 1 atom stereocenters. The molecule has 1 unspecified atom stereocenters. The lowest BCUT2D eigenvalue weighted by atomic mass is 9.92. The Bertz CT molecular complexity index is 327. The highest BCUT2D eigenvalue weighted by Crippen LogP contribution is 2.29. The van der Waals surface area contributed by atoms with Gasteiger partial charge in [0.05, 0.1) is 0 Å². The molecule has 1 aliphatic carbocycles. The number of hydrogen-bond donors (Lipinski definition) is 1. The molecule has 94 valence electrons. The smallest absolute Gasteiger partial charge is 0.0406 e. The first-order valence-electron chi connectivity index (χ1n) is 6.77. The Morgan fingerprint density at radius 3 is 2.47 bits per heavy atom. The zero-order valence-corrected chi connectivity index (χ0v) is 11.3. The fraction of sp³-hybridized carbons (Fsp3) is 0.600. The molecule has 0 amide bonds. The molecule has 17 heavy (non-hydrogen) atoms. The maximum atomic E-state index is 5.92. The van der Waals surface area contributed by atoms with Gasteiger partial charge in [-0.15, -0.1) is 0 Å². The van der Waals surface area contributed by atoms with Crippen LogP contribution >= 0.6 is 11.6 Å². The van der Waals surface area contributed by atoms with Gasteiger partial charge in [0.15, 0.2) is 0 Å². The molecule has 1 aliphatic rings. The largest absolute Gasteiger partial charge is 0.314 e. The van der Waals surface area contributed by atoms with Crippen LogP contribution in [-0.2, 0) is 6.42 Å². The lowest BCUT2D eigenvalue weighted by molar-refractivity contribution is 0.362. The van der Waals surface area contributed by atoms with Crippen LogP contribution in [0.4, 0.5) is 0 Å². The standard InChI is InChI=1S/C15H22ClN/c1-2-17-15(13-5-3-4-6-13)11-12-7-9-14(16)10-8-12/h7-10,13,15,17H,2-6,11H2,1H3. The van der Waals surface area contributed by atoms with E-state index < -0.39 is 0 Å². The molecule has 0 bridgehead atoms. The second-order valence-electron chi connectivity index (χ2n) is 5.04. The van der Waals surface area contributed by atoms with Gasteiger partial charge in [-0.1, -0.05) is 43.5 Å². The highest BCUT2D eigenvalue weighted by atomic mass is 35.5. The predicted octanol–water partition coefficient (Wildman–Crippen LogP) is 4.05. The number of hydrogen-bond acceptors (Lipinski definition) is 1. The van der Waals surface area contributed by atoms with E-state index >= 15 is 0 Å². The highest BCUT2D eigenvalue weighted by molar-refractivity contribution is 6.30. The van der Waals surface area contributed by atoms with Crippen LogP contribution in [0.25, 0.3) is 0 Å². The summed E-state index contributed by atoms with van der Waals surface area (Å²) in [6, 6.07) is 8.94. The Morgan fingerprint density at radius 1 is 1.24 bits per heavy atom. The summed E-state index contributed by atoms with van der Waals surface area (Å²) >= 11 is 5.92. The summed E-state index contributed by atoms with van der Waals surface area (Å²) < 4.78 is 0. The second kappa shape index (κ2) is 6.42. The normalized spacial score (nSPS) is 18.5. The van der Waals surface area contributed by atoms with Crippen molar-refractivity contribution in [2.75, 3.05) is 6.54 Å². The fourth-order valence-electron chi connectivity index (χ4n) is 2.90. The molecule has 2 rings (SSSR count). The zero-order chi connectivity index (χ0) is 12.1. The molecule has 1 aromatic carbocycles. The Kier molecular flexibility index (Phi) is 4.87. The van der Waals surface area contributed by atoms with Crippen LogP contribution in [0.2, 0.25) is 5.02 Å². The van der Waals surface area contributed by atoms with E-state index in [1.165, 1.54) is 31.2 Å². The minimum atomic E-state index is 0.642. The lowest BCUT2D eigenvalue weighted by Gasteiger charge is -2.24. The number of rotatable bonds is 5. The van der Waals surface area contributed by atoms with Crippen LogP contribution in [0.1, 0.15) is 38.2 Å². The average molecular weight is 252 g/mol. The molecule has 0 aliphatic heterocycles. The number of likely N-dealkylation sites (N-methyl/N-ethyl adjacent to an activating group) is 1. The van der Waals surface area contributed by atoms with Crippen molar-refractivity contribution in [1.82, 2.24) is 5.32 Å². The van der Waals surface area contributed by atoms with Crippen molar-refractivity contribution in [1.29, 1.82) is 0 Å². The van der Waals surface area contributed by atoms with Gasteiger partial charge >= 0.3 is 0 Å². The van der Waals surface area contributed by atoms with Crippen LogP contribution in [0, 0.1) is 5.92 Å². The van der Waals surface area contributed by atoms with Gasteiger partial charge in [0, 0.05) is 11.1 Å². The van der Waals surface area contributed by atoms with E-state index in [4.69, 9.17) is 11.6 Å². The summed E-state index contributed by atoms with van der Waals surface area (Å²) in [7, 11) is 0. The van der Waals surface area contributed by atoms with Gasteiger partial charge in [0.2, 0.25) is 0 Å². The van der Waals surface area contributed by atoms with Gasteiger partial charge in [0.25, 0.3) is 0 Å². The van der Waals surface area contributed by atoms with E-state index in [1.807, 2.05) is 12.1 Å². The molecule has 1 nitrogen and oxygen atoms in total. The summed E-state index contributed by atoms with van der Waals surface area (Å²) in [6.45, 7) is 3.26. The first-order valence-corrected chi connectivity index (χ1v) is 7.15. The third kappa shape index (κ3) is 3.72. The van der Waals surface area contributed by atoms with Crippen LogP contribution in [-0.4, -0.2) is 12.6 Å². The minimum absolute atomic E-state index is 0.642. The van der Waals surface area contributed by atoms with Crippen molar-refractivity contribution >= 4 is 11.6 Å². The van der Waals surface area contributed by atoms with E-state index in [0.717, 1.165) is 23.9 Å². The maximum absolute atomic E-state index is 5.92. The van der Waals surface area contributed by atoms with Crippen molar-refractivity contribution in [2.24, 2.45) is 5.92 Å². The van der Waals surface area contributed by atoms with Crippen molar-refractivity contribution in [3.63, 3.8) is 0 Å². The molecular weight excluding hydrogens is 230 g/mol. The monoisotopic (exact) mass is 251 g/mol. The zero-order valence-electron chi connectivity index (χ0n) is 10.6. The molecular formula is C15H22ClN. The van der Waals surface area contributed by atoms with Crippen molar-refractivity contribution in [3.05, 3.63) is 34.9 Å². The van der Waals surface area contributed by atoms with Gasteiger partial charge in [0.1, 0.15) is 0 Å². The van der Waals surface area contributed by atoms with Crippen LogP contribution < -0.4 is 5.32 Å². The van der Waals surface area contributed by atoms with Gasteiger partial charge in [-0.2, -0.15) is 0 Å². The molecule has 0 aromatic heterocycles. The molecule has 0 saturated heterocycles. The summed E-state index contributed by atoms with van der Waals surface area (Å²) in [6.07, 6.45) is 6.74. The molecule has 2 heteroatoms. The summed E-state index contributed by atoms with van der Waals surface area (Å²) in [5.74, 6) is 0.866. The maximum Gasteiger partial charge on any atom is 0.0406 e. The summed E-state index contributed by atoms with van der Waals surface area (Å²) in [4.78, 5) is 0. The van der Waals surface area contributed by atoms with E-state index in [2.05, 4.69) is 24.4 Å².